The van der Waals surface area contributed by atoms with Crippen molar-refractivity contribution in [2.75, 3.05) is 18.0 Å². The molecular formula is C22H25F2N3O5. The zero-order chi connectivity index (χ0) is 23.4. The van der Waals surface area contributed by atoms with E-state index in [9.17, 15) is 19.5 Å². The van der Waals surface area contributed by atoms with Gasteiger partial charge in [0, 0.05) is 13.1 Å². The number of amides is 1. The van der Waals surface area contributed by atoms with E-state index in [1.54, 1.807) is 20.8 Å². The summed E-state index contributed by atoms with van der Waals surface area (Å²) in [5, 5.41) is 12.0. The van der Waals surface area contributed by atoms with Crippen molar-refractivity contribution in [3.05, 3.63) is 45.4 Å². The molecule has 1 amide bonds. The van der Waals surface area contributed by atoms with Gasteiger partial charge in [-0.1, -0.05) is 0 Å². The molecule has 1 unspecified atom stereocenters. The molecule has 2 fully saturated rings. The van der Waals surface area contributed by atoms with Crippen LogP contribution in [0.2, 0.25) is 0 Å². The van der Waals surface area contributed by atoms with Crippen LogP contribution in [0.4, 0.5) is 19.3 Å². The quantitative estimate of drug-likeness (QED) is 0.743. The average Bonchev–Trinajstić information content (AvgIpc) is 3.41. The Hall–Kier alpha value is -3.17. The fraction of sp³-hybridized carbons (Fsp3) is 0.500. The summed E-state index contributed by atoms with van der Waals surface area (Å²) in [5.74, 6) is -3.39. The third kappa shape index (κ3) is 4.13. The number of hydrogen-bond donors (Lipinski definition) is 2. The Kier molecular flexibility index (Phi) is 5.34. The van der Waals surface area contributed by atoms with Crippen LogP contribution in [-0.2, 0) is 4.74 Å². The highest BCUT2D eigenvalue weighted by atomic mass is 19.1. The molecule has 0 spiro atoms. The largest absolute Gasteiger partial charge is 0.477 e. The highest BCUT2D eigenvalue weighted by Crippen LogP contribution is 2.43. The van der Waals surface area contributed by atoms with Crippen molar-refractivity contribution in [2.24, 2.45) is 0 Å². The Balaban J connectivity index is 1.69. The average molecular weight is 449 g/mol. The SMILES string of the molecule is CC(C)(C)OC(=O)NC1CCN(c2c(F)cn3c(=O)c(C(=O)O)cc(C4CC4)c3c2F)C1. The summed E-state index contributed by atoms with van der Waals surface area (Å²) in [6.45, 7) is 5.67. The molecule has 10 heteroatoms. The number of fused-ring (bicyclic) bond motifs is 1. The zero-order valence-electron chi connectivity index (χ0n) is 18.1. The molecule has 1 saturated heterocycles. The van der Waals surface area contributed by atoms with E-state index in [4.69, 9.17) is 4.74 Å². The van der Waals surface area contributed by atoms with Crippen LogP contribution in [0.25, 0.3) is 5.52 Å². The summed E-state index contributed by atoms with van der Waals surface area (Å²) in [6, 6.07) is 0.846. The number of pyridine rings is 2. The first-order chi connectivity index (χ1) is 15.0. The van der Waals surface area contributed by atoms with Gasteiger partial charge in [-0.15, -0.1) is 0 Å². The summed E-state index contributed by atoms with van der Waals surface area (Å²) in [7, 11) is 0. The maximum atomic E-state index is 15.7. The fourth-order valence-electron chi connectivity index (χ4n) is 4.11. The lowest BCUT2D eigenvalue weighted by Crippen LogP contribution is -2.40. The third-order valence-electron chi connectivity index (χ3n) is 5.62. The van der Waals surface area contributed by atoms with Gasteiger partial charge in [0.1, 0.15) is 16.9 Å². The van der Waals surface area contributed by atoms with Crippen LogP contribution in [-0.4, -0.2) is 46.3 Å². The molecule has 1 atom stereocenters. The number of nitrogens with zero attached hydrogens (tertiary/aromatic N) is 2. The molecule has 172 valence electrons. The smallest absolute Gasteiger partial charge is 0.407 e. The summed E-state index contributed by atoms with van der Waals surface area (Å²) in [4.78, 5) is 37.5. The van der Waals surface area contributed by atoms with Crippen molar-refractivity contribution in [3.8, 4) is 0 Å². The number of alkyl carbamates (subject to hydrolysis) is 1. The van der Waals surface area contributed by atoms with Gasteiger partial charge in [-0.2, -0.15) is 0 Å². The first-order valence-corrected chi connectivity index (χ1v) is 10.5. The number of halogens is 2. The number of carboxylic acid groups (broad SMARTS) is 1. The Morgan fingerprint density at radius 3 is 2.50 bits per heavy atom. The molecule has 2 aromatic rings. The van der Waals surface area contributed by atoms with E-state index in [0.29, 0.717) is 18.5 Å². The number of anilines is 1. The van der Waals surface area contributed by atoms with E-state index < -0.39 is 40.4 Å². The van der Waals surface area contributed by atoms with Crippen LogP contribution in [0, 0.1) is 11.6 Å². The predicted molar refractivity (Wildman–Crippen MR) is 113 cm³/mol. The van der Waals surface area contributed by atoms with Gasteiger partial charge in [0.05, 0.1) is 17.8 Å². The lowest BCUT2D eigenvalue weighted by Gasteiger charge is -2.23. The molecule has 1 saturated carbocycles. The molecule has 1 aliphatic heterocycles. The Morgan fingerprint density at radius 1 is 1.22 bits per heavy atom. The molecule has 2 aliphatic rings. The molecule has 0 aromatic carbocycles. The zero-order valence-corrected chi connectivity index (χ0v) is 18.1. The number of carbonyl (C=O) groups is 2. The molecule has 4 rings (SSSR count). The fourth-order valence-corrected chi connectivity index (χ4v) is 4.11. The number of nitrogens with one attached hydrogen (secondary N) is 1. The highest BCUT2D eigenvalue weighted by molar-refractivity contribution is 5.88. The molecule has 3 heterocycles. The van der Waals surface area contributed by atoms with Gasteiger partial charge in [-0.05, 0) is 57.6 Å². The second-order valence-corrected chi connectivity index (χ2v) is 9.33. The van der Waals surface area contributed by atoms with Crippen LogP contribution < -0.4 is 15.8 Å². The van der Waals surface area contributed by atoms with Crippen LogP contribution in [0.3, 0.4) is 0 Å². The van der Waals surface area contributed by atoms with E-state index in [2.05, 4.69) is 5.32 Å². The molecule has 8 nitrogen and oxygen atoms in total. The molecule has 32 heavy (non-hydrogen) atoms. The van der Waals surface area contributed by atoms with E-state index in [1.807, 2.05) is 0 Å². The van der Waals surface area contributed by atoms with Crippen molar-refractivity contribution < 1.29 is 28.2 Å². The number of carboxylic acids is 1. The Morgan fingerprint density at radius 2 is 1.91 bits per heavy atom. The van der Waals surface area contributed by atoms with Gasteiger partial charge < -0.3 is 20.1 Å². The van der Waals surface area contributed by atoms with Crippen molar-refractivity contribution >= 4 is 23.3 Å². The highest BCUT2D eigenvalue weighted by Gasteiger charge is 2.34. The van der Waals surface area contributed by atoms with Gasteiger partial charge in [0.25, 0.3) is 5.56 Å². The van der Waals surface area contributed by atoms with Gasteiger partial charge >= 0.3 is 12.1 Å². The van der Waals surface area contributed by atoms with Gasteiger partial charge in [0.15, 0.2) is 11.6 Å². The predicted octanol–water partition coefficient (Wildman–Crippen LogP) is 3.26. The second-order valence-electron chi connectivity index (χ2n) is 9.33. The van der Waals surface area contributed by atoms with Gasteiger partial charge in [0.2, 0.25) is 0 Å². The number of ether oxygens (including phenoxy) is 1. The normalized spacial score (nSPS) is 18.8. The molecule has 1 aliphatic carbocycles. The Labute approximate surface area is 182 Å². The van der Waals surface area contributed by atoms with Crippen molar-refractivity contribution in [3.63, 3.8) is 0 Å². The second kappa shape index (κ2) is 7.75. The van der Waals surface area contributed by atoms with Crippen LogP contribution in [0.15, 0.2) is 17.1 Å². The summed E-state index contributed by atoms with van der Waals surface area (Å²) in [5.41, 5.74) is -2.15. The Bertz CT molecular complexity index is 1170. The van der Waals surface area contributed by atoms with E-state index in [0.717, 1.165) is 23.4 Å². The molecule has 2 N–H and O–H groups in total. The van der Waals surface area contributed by atoms with Gasteiger partial charge in [-0.3, -0.25) is 9.20 Å². The number of hydrogen-bond acceptors (Lipinski definition) is 5. The van der Waals surface area contributed by atoms with E-state index in [-0.39, 0.29) is 29.7 Å². The summed E-state index contributed by atoms with van der Waals surface area (Å²) >= 11 is 0. The van der Waals surface area contributed by atoms with Crippen LogP contribution >= 0.6 is 0 Å². The first-order valence-electron chi connectivity index (χ1n) is 10.5. The molecule has 2 aromatic heterocycles. The molecule has 0 radical (unpaired) electrons. The summed E-state index contributed by atoms with van der Waals surface area (Å²) < 4.78 is 36.7. The number of rotatable bonds is 4. The van der Waals surface area contributed by atoms with Crippen molar-refractivity contribution in [2.45, 2.75) is 57.6 Å². The maximum Gasteiger partial charge on any atom is 0.407 e. The van der Waals surface area contributed by atoms with Crippen molar-refractivity contribution in [1.82, 2.24) is 9.72 Å². The van der Waals surface area contributed by atoms with E-state index in [1.165, 1.54) is 11.0 Å². The standard InChI is InChI=1S/C22H25F2N3O5/c1-22(2,3)32-21(31)25-12-6-7-26(9-12)18-15(23)10-27-17(16(18)24)13(11-4-5-11)8-14(19(27)28)20(29)30/h8,10-12H,4-7,9H2,1-3H3,(H,25,31)(H,29,30). The summed E-state index contributed by atoms with van der Waals surface area (Å²) in [6.07, 6.45) is 2.19. The molecule has 0 bridgehead atoms. The number of aromatic carboxylic acids is 1. The van der Waals surface area contributed by atoms with Crippen LogP contribution in [0.5, 0.6) is 0 Å². The number of carbonyl (C=O) groups excluding carboxylic acids is 1. The number of aromatic nitrogens is 1. The minimum atomic E-state index is -1.44. The lowest BCUT2D eigenvalue weighted by molar-refractivity contribution is 0.0508. The first kappa shape index (κ1) is 22.0. The van der Waals surface area contributed by atoms with Crippen LogP contribution in [0.1, 0.15) is 61.9 Å². The third-order valence-corrected chi connectivity index (χ3v) is 5.62. The van der Waals surface area contributed by atoms with Crippen molar-refractivity contribution in [1.29, 1.82) is 0 Å². The van der Waals surface area contributed by atoms with E-state index >= 15 is 8.78 Å². The lowest BCUT2D eigenvalue weighted by atomic mass is 10.1. The topological polar surface area (TPSA) is 100 Å². The minimum absolute atomic E-state index is 0.0725. The monoisotopic (exact) mass is 449 g/mol. The van der Waals surface area contributed by atoms with Gasteiger partial charge in [-0.25, -0.2) is 18.4 Å². The minimum Gasteiger partial charge on any atom is -0.477 e. The molecular weight excluding hydrogens is 424 g/mol. The maximum absolute atomic E-state index is 15.7.